The van der Waals surface area contributed by atoms with Crippen molar-refractivity contribution in [2.75, 3.05) is 0 Å². The highest BCUT2D eigenvalue weighted by atomic mass is 19.1. The van der Waals surface area contributed by atoms with Gasteiger partial charge < -0.3 is 0 Å². The van der Waals surface area contributed by atoms with Gasteiger partial charge in [-0.15, -0.1) is 0 Å². The maximum atomic E-state index is 12.0. The van der Waals surface area contributed by atoms with Crippen LogP contribution in [0.5, 0.6) is 0 Å². The molecule has 3 heteroatoms. The predicted molar refractivity (Wildman–Crippen MR) is 33.8 cm³/mol. The quantitative estimate of drug-likeness (QED) is 0.435. The molecule has 0 aliphatic heterocycles. The summed E-state index contributed by atoms with van der Waals surface area (Å²) >= 11 is 0. The number of fused-ring (bicyclic) bond motifs is 1. The summed E-state index contributed by atoms with van der Waals surface area (Å²) in [7, 11) is 0. The van der Waals surface area contributed by atoms with Gasteiger partial charge in [0.15, 0.2) is 0 Å². The number of benzene rings is 1. The monoisotopic (exact) mass is 137 g/mol. The van der Waals surface area contributed by atoms with Crippen molar-refractivity contribution < 1.29 is 9.18 Å². The van der Waals surface area contributed by atoms with E-state index < -0.39 is 0 Å². The Morgan fingerprint density at radius 1 is 1.40 bits per heavy atom. The number of nitrogens with one attached hydrogen (secondary N) is 1. The molecule has 0 fully saturated rings. The first-order chi connectivity index (χ1) is 4.81. The van der Waals surface area contributed by atoms with Gasteiger partial charge in [-0.25, -0.2) is 14.6 Å². The summed E-state index contributed by atoms with van der Waals surface area (Å²) in [6, 6.07) is 5.42. The molecule has 0 aromatic heterocycles. The maximum absolute atomic E-state index is 12.0. The lowest BCUT2D eigenvalue weighted by Crippen LogP contribution is -1.37. The molecule has 2 aliphatic rings. The fraction of sp³-hybridized carbons (Fsp3) is 0. The number of halogens is 1. The molecule has 0 amide bonds. The molecule has 0 aromatic carbocycles. The molecule has 0 aromatic rings. The molecule has 0 heterocycles. The molecule has 0 spiro atoms. The predicted octanol–water partition coefficient (Wildman–Crippen LogP) is 1.71. The van der Waals surface area contributed by atoms with E-state index in [4.69, 9.17) is 10.2 Å². The van der Waals surface area contributed by atoms with E-state index in [0.717, 1.165) is 17.2 Å². The minimum atomic E-state index is -0.0116. The van der Waals surface area contributed by atoms with E-state index in [1.165, 1.54) is 0 Å². The van der Waals surface area contributed by atoms with Gasteiger partial charge in [0.05, 0.1) is 0 Å². The first-order valence-corrected chi connectivity index (χ1v) is 2.64. The Bertz CT molecular complexity index is 269. The summed E-state index contributed by atoms with van der Waals surface area (Å²) < 4.78 is 12.0. The lowest BCUT2D eigenvalue weighted by molar-refractivity contribution is 0.563. The van der Waals surface area contributed by atoms with E-state index in [-0.39, 0.29) is 5.82 Å². The van der Waals surface area contributed by atoms with Crippen LogP contribution in [0.2, 0.25) is 0 Å². The third-order valence-corrected chi connectivity index (χ3v) is 1.23. The average molecular weight is 137 g/mol. The van der Waals surface area contributed by atoms with Gasteiger partial charge in [-0.05, 0) is 0 Å². The SMILES string of the molecule is Fc1c2cccc1-2.N=C=O. The van der Waals surface area contributed by atoms with Crippen molar-refractivity contribution in [2.24, 2.45) is 0 Å². The van der Waals surface area contributed by atoms with Crippen LogP contribution in [-0.4, -0.2) is 6.08 Å². The molecular weight excluding hydrogens is 133 g/mol. The first-order valence-electron chi connectivity index (χ1n) is 2.64. The van der Waals surface area contributed by atoms with Gasteiger partial charge in [-0.2, -0.15) is 0 Å². The molecule has 0 radical (unpaired) electrons. The summed E-state index contributed by atoms with van der Waals surface area (Å²) in [6.45, 7) is 0. The van der Waals surface area contributed by atoms with E-state index in [2.05, 4.69) is 0 Å². The van der Waals surface area contributed by atoms with Crippen LogP contribution in [0.15, 0.2) is 18.2 Å². The first kappa shape index (κ1) is 6.65. The lowest BCUT2D eigenvalue weighted by Gasteiger charge is -1.54. The zero-order valence-electron chi connectivity index (χ0n) is 5.02. The number of isocyanates is 1. The van der Waals surface area contributed by atoms with E-state index in [1.807, 2.05) is 6.07 Å². The van der Waals surface area contributed by atoms with E-state index in [9.17, 15) is 4.39 Å². The fourth-order valence-electron chi connectivity index (χ4n) is 0.758. The minimum Gasteiger partial charge on any atom is -0.222 e. The summed E-state index contributed by atoms with van der Waals surface area (Å²) in [5.41, 5.74) is 1.61. The van der Waals surface area contributed by atoms with Gasteiger partial charge in [0.25, 0.3) is 0 Å². The smallest absolute Gasteiger partial charge is 0.222 e. The third-order valence-electron chi connectivity index (χ3n) is 1.23. The van der Waals surface area contributed by atoms with Gasteiger partial charge in [0.1, 0.15) is 5.82 Å². The van der Waals surface area contributed by atoms with Crippen LogP contribution in [0.25, 0.3) is 11.1 Å². The Balaban J connectivity index is 0.000000148. The summed E-state index contributed by atoms with van der Waals surface area (Å²) in [6.07, 6.45) is 0.750. The van der Waals surface area contributed by atoms with E-state index in [0.29, 0.717) is 0 Å². The van der Waals surface area contributed by atoms with Crippen molar-refractivity contribution in [3.63, 3.8) is 0 Å². The lowest BCUT2D eigenvalue weighted by atomic mass is 10.6. The van der Waals surface area contributed by atoms with Crippen molar-refractivity contribution in [3.05, 3.63) is 24.0 Å². The highest BCUT2D eigenvalue weighted by Gasteiger charge is 2.22. The molecule has 10 heavy (non-hydrogen) atoms. The Morgan fingerprint density at radius 3 is 2.00 bits per heavy atom. The van der Waals surface area contributed by atoms with E-state index in [1.54, 1.807) is 12.1 Å². The van der Waals surface area contributed by atoms with Crippen molar-refractivity contribution in [2.45, 2.75) is 0 Å². The topological polar surface area (TPSA) is 40.9 Å². The van der Waals surface area contributed by atoms with Crippen LogP contribution in [0, 0.1) is 11.2 Å². The van der Waals surface area contributed by atoms with Gasteiger partial charge in [0, 0.05) is 11.1 Å². The van der Waals surface area contributed by atoms with Gasteiger partial charge >= 0.3 is 0 Å². The number of hydrogen-bond acceptors (Lipinski definition) is 2. The molecule has 1 N–H and O–H groups in total. The van der Waals surface area contributed by atoms with Crippen LogP contribution in [0.4, 0.5) is 4.39 Å². The maximum Gasteiger partial charge on any atom is 0.231 e. The Labute approximate surface area is 56.8 Å². The number of carbonyl (C=O) groups excluding carboxylic acids is 1. The second-order valence-corrected chi connectivity index (χ2v) is 1.77. The normalized spacial score (nSPS) is 8.90. The molecule has 0 atom stereocenters. The molecule has 50 valence electrons. The van der Waals surface area contributed by atoms with Gasteiger partial charge in [-0.1, -0.05) is 18.2 Å². The number of hydrogen-bond donors (Lipinski definition) is 1. The average Bonchev–Trinajstić information content (AvgIpc) is 2.41. The van der Waals surface area contributed by atoms with Crippen molar-refractivity contribution in [1.82, 2.24) is 0 Å². The van der Waals surface area contributed by atoms with E-state index >= 15 is 0 Å². The van der Waals surface area contributed by atoms with Crippen molar-refractivity contribution in [3.8, 4) is 11.1 Å². The Morgan fingerprint density at radius 2 is 1.80 bits per heavy atom. The molecule has 2 aliphatic carbocycles. The summed E-state index contributed by atoms with van der Waals surface area (Å²) in [4.78, 5) is 8.35. The Hall–Kier alpha value is -1.47. The molecule has 0 saturated carbocycles. The highest BCUT2D eigenvalue weighted by molar-refractivity contribution is 5.82. The van der Waals surface area contributed by atoms with Gasteiger partial charge in [-0.3, -0.25) is 0 Å². The Kier molecular flexibility index (Phi) is 1.61. The zero-order chi connectivity index (χ0) is 7.56. The fourth-order valence-corrected chi connectivity index (χ4v) is 0.758. The second-order valence-electron chi connectivity index (χ2n) is 1.77. The van der Waals surface area contributed by atoms with Crippen LogP contribution in [-0.2, 0) is 4.79 Å². The van der Waals surface area contributed by atoms with Crippen LogP contribution in [0.3, 0.4) is 0 Å². The highest BCUT2D eigenvalue weighted by Crippen LogP contribution is 2.39. The molecule has 0 saturated heterocycles. The van der Waals surface area contributed by atoms with Crippen LogP contribution >= 0.6 is 0 Å². The summed E-state index contributed by atoms with van der Waals surface area (Å²) in [5, 5.41) is 5.40. The molecule has 2 rings (SSSR count). The zero-order valence-corrected chi connectivity index (χ0v) is 5.02. The van der Waals surface area contributed by atoms with Crippen molar-refractivity contribution in [1.29, 1.82) is 5.41 Å². The third kappa shape index (κ3) is 0.946. The number of rotatable bonds is 0. The largest absolute Gasteiger partial charge is 0.231 e. The molecular formula is C7H4FNO. The molecule has 0 bridgehead atoms. The second kappa shape index (κ2) is 2.42. The van der Waals surface area contributed by atoms with Crippen LogP contribution < -0.4 is 0 Å². The van der Waals surface area contributed by atoms with Crippen molar-refractivity contribution >= 4 is 6.08 Å². The van der Waals surface area contributed by atoms with Crippen LogP contribution in [0.1, 0.15) is 0 Å². The molecule has 2 nitrogen and oxygen atoms in total. The molecule has 0 unspecified atom stereocenters. The minimum absolute atomic E-state index is 0.0116. The summed E-state index contributed by atoms with van der Waals surface area (Å²) in [5.74, 6) is -0.0116. The standard InChI is InChI=1S/C6H3F.CHNO/c7-6-4-2-1-3-5(4)6;2-1-3/h1-3H;2H. The van der Waals surface area contributed by atoms with Gasteiger partial charge in [0.2, 0.25) is 6.08 Å².